The lowest BCUT2D eigenvalue weighted by Gasteiger charge is -2.52. The van der Waals surface area contributed by atoms with E-state index >= 15 is 0 Å². The fraction of sp³-hybridized carbons (Fsp3) is 0.923. The van der Waals surface area contributed by atoms with Gasteiger partial charge in [0.25, 0.3) is 0 Å². The predicted molar refractivity (Wildman–Crippen MR) is 433 cm³/mol. The van der Waals surface area contributed by atoms with Crippen LogP contribution in [-0.4, -0.2) is 587 Å². The lowest BCUT2D eigenvalue weighted by atomic mass is 9.93. The molecular weight excluding hydrogens is 1900 g/mol. The third-order valence-corrected chi connectivity index (χ3v) is 25.0. The van der Waals surface area contributed by atoms with Crippen molar-refractivity contribution in [3.05, 3.63) is 0 Å². The summed E-state index contributed by atoms with van der Waals surface area (Å²) >= 11 is 0. The molecule has 35 N–H and O–H groups in total. The lowest BCUT2D eigenvalue weighted by Crippen LogP contribution is -2.71. The van der Waals surface area contributed by atoms with E-state index in [2.05, 4.69) is 31.9 Å². The normalized spacial score (nSPS) is 45.9. The second-order valence-corrected chi connectivity index (χ2v) is 35.1. The molecule has 10 saturated heterocycles. The number of rotatable bonds is 40. The summed E-state index contributed by atoms with van der Waals surface area (Å²) in [5, 5.41) is 343. The van der Waals surface area contributed by atoms with Crippen molar-refractivity contribution in [2.75, 3.05) is 72.7 Å². The van der Waals surface area contributed by atoms with E-state index in [1.54, 1.807) is 0 Å². The standard InChI is InChI=1S/C78H132N6O55/c1-19-42(100)55(113)58(116)74(123-19)120-16-27(99)62(43(101)26(8-85)79-20(2)93)133-72-40(83-24(6)97)54(112)63(33(14-91)129-72)135-76-61(119)66(50(108)36(131-76)18-122-77-67(138-70-38(81-22(4)95)52(110)45(103)29(10-87)125-70)57(115)48(106)35(132-77)17-121-69-37(80-21(3)94)51(109)44(102)28(9-86)124-69)137-78-68(139-71-39(82-23(5)96)53(111)46(104)30(11-88)126-71)60(118)64(34(15-92)130-78)134-73-41(84-25(7)98)65(49(107)32(13-90)127-73)136-75-59(117)56(114)47(105)31(12-89)128-75/h19,26-78,85-92,99-119H,8-18H2,1-7H3,(H,79,93)(H,80,94)(H,81,95)(H,82,96)(H,83,97)(H,84,98)/t19-,26-,27+,28+,29+,30+,31+,32+,33+,34+,35+,36+,37+,38+,39+,40+,41+,42+,43+,44+,45+,46+,47-,48+,49+,50+,51+,52+,53+,54+,55+,56-,57-,58-,59+,60-,61-,62+,63+,64+,65+,66-,67-,68-,69+,70-,71-,72-,73-,74+,75-,76-,77-,78+/m0/s1. The van der Waals surface area contributed by atoms with Crippen molar-refractivity contribution in [1.82, 2.24) is 31.9 Å². The number of amides is 6. The first kappa shape index (κ1) is 116. The minimum atomic E-state index is -2.79. The van der Waals surface area contributed by atoms with Crippen LogP contribution in [0.5, 0.6) is 0 Å². The Balaban J connectivity index is 1.08. The van der Waals surface area contributed by atoms with Crippen LogP contribution in [0.15, 0.2) is 0 Å². The molecule has 139 heavy (non-hydrogen) atoms. The Bertz CT molecular complexity index is 3840. The van der Waals surface area contributed by atoms with Crippen LogP contribution in [0, 0.1) is 0 Å². The van der Waals surface area contributed by atoms with Gasteiger partial charge in [-0.05, 0) is 6.92 Å². The summed E-state index contributed by atoms with van der Waals surface area (Å²) in [5.41, 5.74) is 0. The molecule has 61 heteroatoms. The van der Waals surface area contributed by atoms with Crippen molar-refractivity contribution < 1.29 is 272 Å². The summed E-state index contributed by atoms with van der Waals surface area (Å²) < 4.78 is 121. The minimum absolute atomic E-state index is 0.845. The van der Waals surface area contributed by atoms with Crippen molar-refractivity contribution >= 4 is 35.4 Å². The summed E-state index contributed by atoms with van der Waals surface area (Å²) in [6, 6.07) is -11.6. The Morgan fingerprint density at radius 2 is 0.590 bits per heavy atom. The zero-order chi connectivity index (χ0) is 103. The highest BCUT2D eigenvalue weighted by atomic mass is 16.8. The van der Waals surface area contributed by atoms with Crippen molar-refractivity contribution in [2.24, 2.45) is 0 Å². The van der Waals surface area contributed by atoms with Gasteiger partial charge in [-0.2, -0.15) is 0 Å². The van der Waals surface area contributed by atoms with E-state index in [0.717, 1.165) is 41.5 Å². The van der Waals surface area contributed by atoms with E-state index in [0.29, 0.717) is 0 Å². The van der Waals surface area contributed by atoms with Crippen molar-refractivity contribution in [1.29, 1.82) is 0 Å². The molecule has 0 aromatic carbocycles. The molecule has 0 aromatic heterocycles. The molecular formula is C78H132N6O55. The van der Waals surface area contributed by atoms with Gasteiger partial charge in [-0.25, -0.2) is 0 Å². The van der Waals surface area contributed by atoms with Crippen LogP contribution in [-0.2, 0) is 124 Å². The fourth-order valence-corrected chi connectivity index (χ4v) is 17.6. The van der Waals surface area contributed by atoms with Gasteiger partial charge in [0, 0.05) is 41.5 Å². The van der Waals surface area contributed by atoms with Crippen molar-refractivity contribution in [2.45, 2.75) is 380 Å². The van der Waals surface area contributed by atoms with Crippen LogP contribution >= 0.6 is 0 Å². The number of aliphatic hydroxyl groups is 29. The predicted octanol–water partition coefficient (Wildman–Crippen LogP) is -23.5. The number of hydrogen-bond donors (Lipinski definition) is 35. The highest BCUT2D eigenvalue weighted by Gasteiger charge is 2.62. The molecule has 10 aliphatic rings. The van der Waals surface area contributed by atoms with Crippen LogP contribution in [0.2, 0.25) is 0 Å². The van der Waals surface area contributed by atoms with Gasteiger partial charge in [-0.3, -0.25) is 28.8 Å². The molecule has 0 unspecified atom stereocenters. The highest BCUT2D eigenvalue weighted by molar-refractivity contribution is 5.75. The van der Waals surface area contributed by atoms with Gasteiger partial charge in [0.2, 0.25) is 35.4 Å². The second-order valence-electron chi connectivity index (χ2n) is 35.1. The maximum Gasteiger partial charge on any atom is 0.217 e. The van der Waals surface area contributed by atoms with E-state index < -0.39 is 439 Å². The Hall–Kier alpha value is -5.14. The van der Waals surface area contributed by atoms with E-state index in [4.69, 9.17) is 94.7 Å². The Labute approximate surface area is 788 Å². The number of ether oxygens (including phenoxy) is 20. The first-order valence-electron chi connectivity index (χ1n) is 44.4. The number of carbonyl (C=O) groups excluding carboxylic acids is 6. The quantitative estimate of drug-likeness (QED) is 0.0271. The molecule has 10 rings (SSSR count). The van der Waals surface area contributed by atoms with E-state index in [1.165, 1.54) is 6.92 Å². The molecule has 0 spiro atoms. The third kappa shape index (κ3) is 27.1. The summed E-state index contributed by atoms with van der Waals surface area (Å²) in [4.78, 5) is 77.6. The molecule has 0 aliphatic carbocycles. The molecule has 61 nitrogen and oxygen atoms in total. The summed E-state index contributed by atoms with van der Waals surface area (Å²) in [7, 11) is 0. The smallest absolute Gasteiger partial charge is 0.217 e. The summed E-state index contributed by atoms with van der Waals surface area (Å²) in [6.45, 7) is -6.14. The first-order valence-corrected chi connectivity index (χ1v) is 44.4. The SMILES string of the molecule is CC(=O)N[C@H]1[C@H](O[C@@H]([C@H](O)[C@H](CO)NC(C)=O)[C@H](O)CO[C@@H]2O[C@@H](C)[C@@H](O)[C@@H](O)[C@@H]2O)O[C@H](CO)[C@@H](O[C@@H]2O[C@H](CO[C@H]3O[C@H](CO[C@@H]4O[C@H](CO)[C@@H](O)[C@H](O)[C@H]4NC(C)=O)[C@@H](O)[C@H](O)[C@@H]3O[C@@H]3O[C@H](CO)[C@@H](O)[C@H](O)[C@H]3NC(C)=O)[C@@H](O)[C@H](O[C@H]3O[C@H](CO)[C@@H](O[C@@H]4O[C@H](CO)[C@@H](O)[C@H](O[C@@H]5O[C@H](CO)[C@H](O)[C@H](O)[C@H]5O)[C@H]4NC(C)=O)[C@H](O)[C@@H]3O[C@@H]3O[C@H](CO)[C@@H](O)[C@H](O)[C@H]3NC(C)=O)[C@@H]2O)[C@@H]1O. The third-order valence-electron chi connectivity index (χ3n) is 25.0. The number of nitrogens with one attached hydrogen (secondary N) is 6. The number of carbonyl (C=O) groups is 6. The molecule has 6 amide bonds. The van der Waals surface area contributed by atoms with Gasteiger partial charge < -0.3 is 275 Å². The molecule has 10 fully saturated rings. The molecule has 0 aromatic rings. The van der Waals surface area contributed by atoms with Gasteiger partial charge in [0.15, 0.2) is 62.9 Å². The maximum absolute atomic E-state index is 13.4. The van der Waals surface area contributed by atoms with Crippen LogP contribution < -0.4 is 31.9 Å². The molecule has 0 radical (unpaired) electrons. The summed E-state index contributed by atoms with van der Waals surface area (Å²) in [6.07, 6.45) is -105. The van der Waals surface area contributed by atoms with Crippen LogP contribution in [0.4, 0.5) is 0 Å². The molecule has 10 heterocycles. The fourth-order valence-electron chi connectivity index (χ4n) is 17.6. The largest absolute Gasteiger partial charge is 0.394 e. The lowest BCUT2D eigenvalue weighted by molar-refractivity contribution is -0.404. The maximum atomic E-state index is 13.4. The molecule has 0 bridgehead atoms. The Morgan fingerprint density at radius 1 is 0.266 bits per heavy atom. The molecule has 10 aliphatic heterocycles. The monoisotopic (exact) mass is 2030 g/mol. The second kappa shape index (κ2) is 51.5. The zero-order valence-corrected chi connectivity index (χ0v) is 75.5. The average Bonchev–Trinajstić information content (AvgIpc) is 0.761. The van der Waals surface area contributed by atoms with E-state index in [-0.39, 0.29) is 0 Å². The van der Waals surface area contributed by atoms with Gasteiger partial charge >= 0.3 is 0 Å². The Kier molecular flexibility index (Phi) is 42.9. The van der Waals surface area contributed by atoms with Gasteiger partial charge in [0.05, 0.1) is 84.8 Å². The summed E-state index contributed by atoms with van der Waals surface area (Å²) in [5.74, 6) is -5.78. The van der Waals surface area contributed by atoms with Crippen molar-refractivity contribution in [3.8, 4) is 0 Å². The van der Waals surface area contributed by atoms with Gasteiger partial charge in [-0.15, -0.1) is 0 Å². The topological polar surface area (TPSA) is 946 Å². The van der Waals surface area contributed by atoms with Crippen LogP contribution in [0.1, 0.15) is 48.5 Å². The van der Waals surface area contributed by atoms with Crippen molar-refractivity contribution in [3.63, 3.8) is 0 Å². The zero-order valence-electron chi connectivity index (χ0n) is 75.5. The Morgan fingerprint density at radius 3 is 1.06 bits per heavy atom. The molecule has 0 saturated carbocycles. The van der Waals surface area contributed by atoms with Gasteiger partial charge in [0.1, 0.15) is 256 Å². The number of aliphatic hydroxyl groups excluding tert-OH is 29. The molecule has 54 atom stereocenters. The highest BCUT2D eigenvalue weighted by Crippen LogP contribution is 2.41. The first-order chi connectivity index (χ1) is 65.6. The average molecular weight is 2030 g/mol. The molecule has 804 valence electrons. The van der Waals surface area contributed by atoms with Crippen LogP contribution in [0.25, 0.3) is 0 Å². The number of hydrogen-bond acceptors (Lipinski definition) is 55. The van der Waals surface area contributed by atoms with Gasteiger partial charge in [-0.1, -0.05) is 0 Å². The van der Waals surface area contributed by atoms with E-state index in [1.807, 2.05) is 0 Å². The van der Waals surface area contributed by atoms with Crippen LogP contribution in [0.3, 0.4) is 0 Å². The van der Waals surface area contributed by atoms with E-state index in [9.17, 15) is 177 Å². The minimum Gasteiger partial charge on any atom is -0.394 e.